The molecule has 0 saturated carbocycles. The van der Waals surface area contributed by atoms with Crippen LogP contribution in [-0.2, 0) is 49.7 Å². The van der Waals surface area contributed by atoms with Crippen LogP contribution in [0.5, 0.6) is 0 Å². The summed E-state index contributed by atoms with van der Waals surface area (Å²) in [7, 11) is -11.1. The summed E-state index contributed by atoms with van der Waals surface area (Å²) in [5.41, 5.74) is 11.3. The van der Waals surface area contributed by atoms with Crippen molar-refractivity contribution < 1.29 is 49.2 Å². The molecule has 2 unspecified atom stereocenters. The minimum atomic E-state index is -4.18. The van der Waals surface area contributed by atoms with E-state index in [-0.39, 0.29) is 52.4 Å². The van der Waals surface area contributed by atoms with Crippen LogP contribution in [0, 0.1) is 6.92 Å². The van der Waals surface area contributed by atoms with Gasteiger partial charge in [-0.3, -0.25) is 28.0 Å². The number of carbonyl (C=O) groups is 1. The maximum Gasteiger partial charge on any atom is 0.351 e. The summed E-state index contributed by atoms with van der Waals surface area (Å²) in [6, 6.07) is 12.7. The average Bonchev–Trinajstić information content (AvgIpc) is 1.55. The zero-order valence-corrected chi connectivity index (χ0v) is 56.0. The maximum atomic E-state index is 13.4. The predicted octanol–water partition coefficient (Wildman–Crippen LogP) is 5.19. The lowest BCUT2D eigenvalue weighted by Gasteiger charge is -2.43. The Morgan fingerprint density at radius 3 is 2.21 bits per heavy atom. The normalized spacial score (nSPS) is 22.6. The van der Waals surface area contributed by atoms with Gasteiger partial charge in [-0.1, -0.05) is 41.5 Å². The number of aliphatic hydroxyl groups is 1. The second kappa shape index (κ2) is 25.7. The molecule has 26 nitrogen and oxygen atoms in total. The van der Waals surface area contributed by atoms with Gasteiger partial charge >= 0.3 is 11.4 Å². The van der Waals surface area contributed by atoms with Crippen LogP contribution in [0.25, 0.3) is 10.9 Å². The molecule has 31 heteroatoms. The highest BCUT2D eigenvalue weighted by Gasteiger charge is 2.67. The maximum absolute atomic E-state index is 13.4. The number of aliphatic hydroxyl groups excluding tert-OH is 1. The number of hydrogen-bond donors (Lipinski definition) is 6. The number of nitrogens with two attached hydrogens (primary N) is 2. The van der Waals surface area contributed by atoms with Crippen molar-refractivity contribution in [2.75, 3.05) is 72.1 Å². The van der Waals surface area contributed by atoms with E-state index in [4.69, 9.17) is 39.1 Å². The third-order valence-corrected chi connectivity index (χ3v) is 27.8. The number of amides is 1. The number of aromatic nitrogens is 6. The quantitative estimate of drug-likeness (QED) is 0.0615. The number of carbonyl (C=O) groups excluding carboxylic acids is 1. The number of piperazine rings is 1. The molecule has 4 aliphatic rings. The van der Waals surface area contributed by atoms with E-state index in [1.165, 1.54) is 34.1 Å². The van der Waals surface area contributed by atoms with Gasteiger partial charge in [0.1, 0.15) is 35.4 Å². The fraction of sp³-hybridized carbons (Fsp3) is 0.564. The highest BCUT2D eigenvalue weighted by atomic mass is 32.2. The van der Waals surface area contributed by atoms with Crippen LogP contribution in [0.2, 0.25) is 36.3 Å². The van der Waals surface area contributed by atoms with E-state index >= 15 is 0 Å². The molecular formula is C55H84N12O14S3Si2. The number of rotatable bonds is 14. The second-order valence-electron chi connectivity index (χ2n) is 25.1. The number of H-pyrrole nitrogens is 1. The number of anilines is 4. The van der Waals surface area contributed by atoms with Crippen molar-refractivity contribution >= 4 is 88.4 Å². The van der Waals surface area contributed by atoms with Gasteiger partial charge in [0, 0.05) is 85.8 Å². The molecule has 86 heavy (non-hydrogen) atoms. The van der Waals surface area contributed by atoms with Crippen molar-refractivity contribution in [3.05, 3.63) is 115 Å². The van der Waals surface area contributed by atoms with Crippen LogP contribution in [0.15, 0.2) is 86.5 Å². The van der Waals surface area contributed by atoms with Crippen LogP contribution in [-0.4, -0.2) is 159 Å². The molecule has 0 bridgehead atoms. The standard InChI is InChI=1S/C25H45N3O8SSi2.C22H28N6O3S.C8H11N3O3S/c1-16-13-28(22(30)27(8)20(16)29)21-19(35-39(11,12)24(5,6)7)25(17(26)15-37(31,32)36-25)18(34-21)14-33-38(9,10)23(2,3)4;1-15(2)24-19-5-4-8-23-21(19)27-9-11-28(12-10-27)22(29)20-14-16-13-17(26-32(3,30)31)6-7-18(16)25-20;9-5-1-2-11(8(13)10-5)6-4-15-7(3-12)14-6/h13,15,18-19,21H,14,26H2,1-12H3;4-8,13-15,24-26H,9-12H2,1-3H3;1-2,6-7,12H,3-4H2,(H2,9,10,13)/t18?,19-,21+,25?;;6-,7-/m0.1/s1. The molecule has 8 heterocycles. The summed E-state index contributed by atoms with van der Waals surface area (Å²) in [4.78, 5) is 65.7. The molecule has 5 aromatic rings. The van der Waals surface area contributed by atoms with Crippen molar-refractivity contribution in [2.24, 2.45) is 12.8 Å². The summed E-state index contributed by atoms with van der Waals surface area (Å²) in [5.74, 6) is 1.65. The number of hydrogen-bond acceptors (Lipinski definition) is 21. The van der Waals surface area contributed by atoms with Gasteiger partial charge in [0.25, 0.3) is 21.6 Å². The molecule has 0 aliphatic carbocycles. The van der Waals surface area contributed by atoms with Gasteiger partial charge in [0.05, 0.1) is 36.3 Å². The number of sulfonamides is 1. The minimum absolute atomic E-state index is 0.0338. The van der Waals surface area contributed by atoms with Crippen molar-refractivity contribution in [1.82, 2.24) is 33.6 Å². The molecule has 1 aromatic carbocycles. The molecule has 4 aliphatic heterocycles. The number of pyridine rings is 1. The van der Waals surface area contributed by atoms with Gasteiger partial charge in [-0.05, 0) is 99.5 Å². The van der Waals surface area contributed by atoms with Crippen LogP contribution in [0.3, 0.4) is 0 Å². The zero-order valence-electron chi connectivity index (χ0n) is 51.5. The lowest BCUT2D eigenvalue weighted by atomic mass is 9.89. The van der Waals surface area contributed by atoms with Gasteiger partial charge in [-0.25, -0.2) is 27.2 Å². The first kappa shape index (κ1) is 67.6. The fourth-order valence-electron chi connectivity index (χ4n) is 9.46. The molecule has 1 amide bonds. The van der Waals surface area contributed by atoms with Crippen molar-refractivity contribution in [2.45, 2.75) is 140 Å². The summed E-state index contributed by atoms with van der Waals surface area (Å²) in [6.45, 7) is 28.8. The van der Waals surface area contributed by atoms with Crippen LogP contribution in [0.1, 0.15) is 83.9 Å². The summed E-state index contributed by atoms with van der Waals surface area (Å²) in [5, 5.41) is 13.6. The monoisotopic (exact) mass is 1290 g/mol. The lowest BCUT2D eigenvalue weighted by Crippen LogP contribution is -2.59. The number of nitrogens with zero attached hydrogens (tertiary/aromatic N) is 7. The third kappa shape index (κ3) is 15.2. The number of benzene rings is 1. The van der Waals surface area contributed by atoms with Crippen molar-refractivity contribution in [1.29, 1.82) is 0 Å². The SMILES string of the molecule is CC(C)Nc1cccnc1N1CCN(C(=O)c2cc3cc(NS(C)(=O)=O)ccc3[nH]2)CC1.Cc1cn([C@@H]2OC(CO[Si](C)(C)C(C)(C)C)C3(OS(=O)(=O)C=C3N)[C@H]2O[Si](C)(C)C(C)(C)C)c(=O)n(C)c1=O.Nc1ccn([C@H]2CS[C@H](CO)O2)c(=O)n1. The number of fused-ring (bicyclic) bond motifs is 1. The Morgan fingerprint density at radius 2 is 1.64 bits per heavy atom. The molecule has 8 N–H and O–H groups in total. The number of aryl methyl sites for hydroxylation is 1. The van der Waals surface area contributed by atoms with Gasteiger partial charge < -0.3 is 55.0 Å². The van der Waals surface area contributed by atoms with E-state index in [1.807, 2.05) is 50.9 Å². The lowest BCUT2D eigenvalue weighted by molar-refractivity contribution is -0.0566. The molecule has 474 valence electrons. The van der Waals surface area contributed by atoms with Gasteiger partial charge in [0.2, 0.25) is 10.0 Å². The highest BCUT2D eigenvalue weighted by Crippen LogP contribution is 2.52. The molecule has 3 saturated heterocycles. The van der Waals surface area contributed by atoms with E-state index in [2.05, 4.69) is 77.6 Å². The topological polar surface area (TPSA) is 342 Å². The van der Waals surface area contributed by atoms with Crippen LogP contribution < -0.4 is 43.3 Å². The Balaban J connectivity index is 0.000000201. The van der Waals surface area contributed by atoms with Crippen molar-refractivity contribution in [3.8, 4) is 0 Å². The number of ether oxygens (including phenoxy) is 2. The number of nitrogens with one attached hydrogen (secondary N) is 3. The van der Waals surface area contributed by atoms with Gasteiger partial charge in [-0.15, -0.1) is 11.8 Å². The zero-order chi connectivity index (χ0) is 63.9. The van der Waals surface area contributed by atoms with E-state index in [1.54, 1.807) is 49.6 Å². The minimum Gasteiger partial charge on any atom is -0.414 e. The first-order valence-corrected chi connectivity index (χ1v) is 38.3. The molecule has 3 fully saturated rings. The Hall–Kier alpha value is -5.88. The summed E-state index contributed by atoms with van der Waals surface area (Å²) >= 11 is 1.47. The van der Waals surface area contributed by atoms with Crippen LogP contribution >= 0.6 is 11.8 Å². The summed E-state index contributed by atoms with van der Waals surface area (Å²) < 4.78 is 85.7. The molecular weight excluding hydrogens is 1210 g/mol. The van der Waals surface area contributed by atoms with E-state index in [0.29, 0.717) is 54.9 Å². The smallest absolute Gasteiger partial charge is 0.351 e. The molecule has 9 rings (SSSR count). The first-order chi connectivity index (χ1) is 39.8. The molecule has 4 aromatic heterocycles. The Morgan fingerprint density at radius 1 is 0.977 bits per heavy atom. The number of nitrogen functional groups attached to an aromatic ring is 1. The summed E-state index contributed by atoms with van der Waals surface area (Å²) in [6.07, 6.45) is 2.18. The third-order valence-electron chi connectivity index (χ3n) is 16.1. The Bertz CT molecular complexity index is 3740. The van der Waals surface area contributed by atoms with E-state index < -0.39 is 77.8 Å². The molecule has 6 atom stereocenters. The fourth-order valence-corrected chi connectivity index (χ4v) is 14.5. The predicted molar refractivity (Wildman–Crippen MR) is 339 cm³/mol. The average molecular weight is 1290 g/mol. The van der Waals surface area contributed by atoms with Crippen LogP contribution in [0.4, 0.5) is 23.0 Å². The van der Waals surface area contributed by atoms with E-state index in [9.17, 15) is 36.0 Å². The molecule has 0 radical (unpaired) electrons. The second-order valence-corrected chi connectivity index (χ2v) is 39.0. The highest BCUT2D eigenvalue weighted by molar-refractivity contribution is 8.00. The Labute approximate surface area is 508 Å². The van der Waals surface area contributed by atoms with Gasteiger partial charge in [0.15, 0.2) is 34.3 Å². The van der Waals surface area contributed by atoms with Gasteiger partial charge in [-0.2, -0.15) is 13.4 Å². The van der Waals surface area contributed by atoms with Crippen molar-refractivity contribution in [3.63, 3.8) is 0 Å². The Kier molecular flexibility index (Phi) is 20.2. The first-order valence-electron chi connectivity index (χ1n) is 28.1. The number of thioether (sulfide) groups is 1. The molecule has 1 spiro atoms. The largest absolute Gasteiger partial charge is 0.414 e. The number of aromatic amines is 1. The van der Waals surface area contributed by atoms with E-state index in [0.717, 1.165) is 38.6 Å².